The predicted octanol–water partition coefficient (Wildman–Crippen LogP) is 1.61. The Morgan fingerprint density at radius 1 is 1.29 bits per heavy atom. The van der Waals surface area contributed by atoms with Crippen LogP contribution in [0.2, 0.25) is 0 Å². The summed E-state index contributed by atoms with van der Waals surface area (Å²) in [5.41, 5.74) is 7.81. The van der Waals surface area contributed by atoms with E-state index in [9.17, 15) is 0 Å². The van der Waals surface area contributed by atoms with Gasteiger partial charge in [0, 0.05) is 24.7 Å². The number of nitrogen functional groups attached to an aromatic ring is 1. The first-order valence-electron chi connectivity index (χ1n) is 4.77. The third-order valence-electron chi connectivity index (χ3n) is 2.38. The van der Waals surface area contributed by atoms with Crippen molar-refractivity contribution in [2.45, 2.75) is 13.0 Å². The second-order valence-corrected chi connectivity index (χ2v) is 3.37. The number of para-hydroxylation sites is 1. The molecule has 1 heterocycles. The van der Waals surface area contributed by atoms with E-state index in [4.69, 9.17) is 10.8 Å². The van der Waals surface area contributed by atoms with E-state index in [0.717, 1.165) is 29.6 Å². The van der Waals surface area contributed by atoms with Gasteiger partial charge in [-0.3, -0.25) is 0 Å². The summed E-state index contributed by atoms with van der Waals surface area (Å²) in [7, 11) is 0. The average molecular weight is 190 g/mol. The number of aryl methyl sites for hydroxylation is 1. The van der Waals surface area contributed by atoms with Gasteiger partial charge >= 0.3 is 0 Å². The van der Waals surface area contributed by atoms with Crippen molar-refractivity contribution in [1.82, 2.24) is 4.57 Å². The number of fused-ring (bicyclic) bond motifs is 1. The van der Waals surface area contributed by atoms with Crippen molar-refractivity contribution < 1.29 is 5.11 Å². The van der Waals surface area contributed by atoms with Crippen LogP contribution in [-0.4, -0.2) is 16.3 Å². The van der Waals surface area contributed by atoms with Crippen LogP contribution in [0.1, 0.15) is 6.42 Å². The lowest BCUT2D eigenvalue weighted by Crippen LogP contribution is -1.98. The molecule has 2 rings (SSSR count). The van der Waals surface area contributed by atoms with Gasteiger partial charge in [-0.25, -0.2) is 0 Å². The highest BCUT2D eigenvalue weighted by molar-refractivity contribution is 5.91. The van der Waals surface area contributed by atoms with Crippen molar-refractivity contribution in [3.63, 3.8) is 0 Å². The van der Waals surface area contributed by atoms with Crippen LogP contribution < -0.4 is 5.73 Å². The molecule has 1 aromatic heterocycles. The molecule has 3 N–H and O–H groups in total. The molecule has 0 fully saturated rings. The molecule has 2 aromatic rings. The summed E-state index contributed by atoms with van der Waals surface area (Å²) in [6.45, 7) is 1.03. The topological polar surface area (TPSA) is 51.2 Å². The minimum absolute atomic E-state index is 0.215. The maximum absolute atomic E-state index is 8.76. The first-order valence-corrected chi connectivity index (χ1v) is 4.77. The first kappa shape index (κ1) is 9.09. The second kappa shape index (κ2) is 3.72. The Balaban J connectivity index is 2.44. The first-order chi connectivity index (χ1) is 6.83. The van der Waals surface area contributed by atoms with Gasteiger partial charge in [-0.2, -0.15) is 0 Å². The van der Waals surface area contributed by atoms with Crippen molar-refractivity contribution in [3.8, 4) is 0 Å². The van der Waals surface area contributed by atoms with E-state index in [1.54, 1.807) is 0 Å². The second-order valence-electron chi connectivity index (χ2n) is 3.37. The number of aromatic nitrogens is 1. The Bertz CT molecular complexity index is 434. The van der Waals surface area contributed by atoms with Crippen LogP contribution in [0.15, 0.2) is 30.5 Å². The van der Waals surface area contributed by atoms with Crippen LogP contribution in [0.25, 0.3) is 10.9 Å². The lowest BCUT2D eigenvalue weighted by molar-refractivity contribution is 0.280. The summed E-state index contributed by atoms with van der Waals surface area (Å²) in [4.78, 5) is 0. The van der Waals surface area contributed by atoms with Crippen molar-refractivity contribution in [1.29, 1.82) is 0 Å². The Hall–Kier alpha value is -1.48. The zero-order valence-electron chi connectivity index (χ0n) is 7.98. The Labute approximate surface area is 82.8 Å². The molecule has 74 valence electrons. The van der Waals surface area contributed by atoms with Gasteiger partial charge in [0.15, 0.2) is 0 Å². The van der Waals surface area contributed by atoms with E-state index >= 15 is 0 Å². The van der Waals surface area contributed by atoms with Crippen molar-refractivity contribution in [2.24, 2.45) is 0 Å². The highest BCUT2D eigenvalue weighted by Gasteiger charge is 2.03. The monoisotopic (exact) mass is 190 g/mol. The third kappa shape index (κ3) is 1.46. The number of nitrogens with zero attached hydrogens (tertiary/aromatic N) is 1. The van der Waals surface area contributed by atoms with Gasteiger partial charge in [0.25, 0.3) is 0 Å². The molecule has 0 amide bonds. The molecular formula is C11H14N2O. The fourth-order valence-electron chi connectivity index (χ4n) is 1.70. The molecule has 0 bridgehead atoms. The molecule has 0 aliphatic heterocycles. The van der Waals surface area contributed by atoms with Crippen LogP contribution >= 0.6 is 0 Å². The largest absolute Gasteiger partial charge is 0.397 e. The van der Waals surface area contributed by atoms with Crippen molar-refractivity contribution >= 4 is 16.6 Å². The van der Waals surface area contributed by atoms with Crippen LogP contribution in [0.5, 0.6) is 0 Å². The Morgan fingerprint density at radius 3 is 2.86 bits per heavy atom. The lowest BCUT2D eigenvalue weighted by atomic mass is 10.2. The number of hydrogen-bond donors (Lipinski definition) is 2. The van der Waals surface area contributed by atoms with Gasteiger partial charge < -0.3 is 15.4 Å². The Morgan fingerprint density at radius 2 is 2.07 bits per heavy atom. The number of rotatable bonds is 3. The van der Waals surface area contributed by atoms with Crippen molar-refractivity contribution in [3.05, 3.63) is 30.5 Å². The van der Waals surface area contributed by atoms with Crippen molar-refractivity contribution in [2.75, 3.05) is 12.3 Å². The van der Waals surface area contributed by atoms with E-state index in [1.165, 1.54) is 0 Å². The summed E-state index contributed by atoms with van der Waals surface area (Å²) in [5, 5.41) is 9.85. The van der Waals surface area contributed by atoms with Crippen LogP contribution in [0.3, 0.4) is 0 Å². The SMILES string of the molecule is Nc1cn(CCCO)c2ccccc12. The molecule has 0 spiro atoms. The summed E-state index contributed by atoms with van der Waals surface area (Å²) >= 11 is 0. The zero-order chi connectivity index (χ0) is 9.97. The predicted molar refractivity (Wildman–Crippen MR) is 58.1 cm³/mol. The Kier molecular flexibility index (Phi) is 2.41. The lowest BCUT2D eigenvalue weighted by Gasteiger charge is -2.02. The molecule has 0 aliphatic rings. The van der Waals surface area contributed by atoms with E-state index in [1.807, 2.05) is 30.5 Å². The minimum atomic E-state index is 0.215. The van der Waals surface area contributed by atoms with Gasteiger partial charge in [-0.15, -0.1) is 0 Å². The summed E-state index contributed by atoms with van der Waals surface area (Å²) in [5.74, 6) is 0. The fraction of sp³-hybridized carbons (Fsp3) is 0.273. The number of anilines is 1. The quantitative estimate of drug-likeness (QED) is 0.772. The van der Waals surface area contributed by atoms with Gasteiger partial charge in [-0.05, 0) is 12.5 Å². The van der Waals surface area contributed by atoms with Crippen LogP contribution in [-0.2, 0) is 6.54 Å². The number of hydrogen-bond acceptors (Lipinski definition) is 2. The molecule has 0 saturated carbocycles. The summed E-state index contributed by atoms with van der Waals surface area (Å²) in [6, 6.07) is 8.04. The average Bonchev–Trinajstić information content (AvgIpc) is 2.54. The number of aliphatic hydroxyl groups is 1. The minimum Gasteiger partial charge on any atom is -0.397 e. The molecule has 1 aromatic carbocycles. The third-order valence-corrected chi connectivity index (χ3v) is 2.38. The highest BCUT2D eigenvalue weighted by Crippen LogP contribution is 2.22. The number of benzene rings is 1. The van der Waals surface area contributed by atoms with E-state index in [2.05, 4.69) is 4.57 Å². The molecule has 3 nitrogen and oxygen atoms in total. The highest BCUT2D eigenvalue weighted by atomic mass is 16.3. The molecule has 14 heavy (non-hydrogen) atoms. The molecule has 0 saturated heterocycles. The van der Waals surface area contributed by atoms with Gasteiger partial charge in [0.05, 0.1) is 11.2 Å². The normalized spacial score (nSPS) is 10.9. The fourth-order valence-corrected chi connectivity index (χ4v) is 1.70. The summed E-state index contributed by atoms with van der Waals surface area (Å²) in [6.07, 6.45) is 2.69. The maximum atomic E-state index is 8.76. The van der Waals surface area contributed by atoms with E-state index in [0.29, 0.717) is 0 Å². The van der Waals surface area contributed by atoms with Crippen LogP contribution in [0, 0.1) is 0 Å². The van der Waals surface area contributed by atoms with E-state index < -0.39 is 0 Å². The molecule has 3 heteroatoms. The van der Waals surface area contributed by atoms with E-state index in [-0.39, 0.29) is 6.61 Å². The molecule has 0 radical (unpaired) electrons. The van der Waals surface area contributed by atoms with Gasteiger partial charge in [0.2, 0.25) is 0 Å². The zero-order valence-corrected chi connectivity index (χ0v) is 7.98. The smallest absolute Gasteiger partial charge is 0.0573 e. The standard InChI is InChI=1S/C11H14N2O/c12-10-8-13(6-3-7-14)11-5-2-1-4-9(10)11/h1-2,4-5,8,14H,3,6-7,12H2. The summed E-state index contributed by atoms with van der Waals surface area (Å²) < 4.78 is 2.08. The maximum Gasteiger partial charge on any atom is 0.0573 e. The molecular weight excluding hydrogens is 176 g/mol. The molecule has 0 atom stereocenters. The molecule has 0 unspecified atom stereocenters. The van der Waals surface area contributed by atoms with Gasteiger partial charge in [-0.1, -0.05) is 18.2 Å². The number of aliphatic hydroxyl groups excluding tert-OH is 1. The molecule has 0 aliphatic carbocycles. The van der Waals surface area contributed by atoms with Crippen LogP contribution in [0.4, 0.5) is 5.69 Å². The number of nitrogens with two attached hydrogens (primary N) is 1. The van der Waals surface area contributed by atoms with Gasteiger partial charge in [0.1, 0.15) is 0 Å².